The number of H-pyrrole nitrogens is 1. The first-order valence-electron chi connectivity index (χ1n) is 12.6. The zero-order valence-electron chi connectivity index (χ0n) is 20.8. The van der Waals surface area contributed by atoms with Gasteiger partial charge in [0.25, 0.3) is 0 Å². The molecule has 1 aliphatic rings. The van der Waals surface area contributed by atoms with Crippen LogP contribution in [0, 0.1) is 13.8 Å². The highest BCUT2D eigenvalue weighted by molar-refractivity contribution is 5.89. The lowest BCUT2D eigenvalue weighted by Gasteiger charge is -2.30. The van der Waals surface area contributed by atoms with E-state index in [-0.39, 0.29) is 0 Å². The molecule has 0 amide bonds. The summed E-state index contributed by atoms with van der Waals surface area (Å²) in [4.78, 5) is 16.5. The Bertz CT molecular complexity index is 1760. The molecule has 1 aromatic carbocycles. The van der Waals surface area contributed by atoms with Crippen LogP contribution in [0.25, 0.3) is 50.5 Å². The zero-order chi connectivity index (χ0) is 24.9. The number of nitrogens with one attached hydrogen (secondary N) is 1. The van der Waals surface area contributed by atoms with Crippen molar-refractivity contribution in [1.29, 1.82) is 0 Å². The van der Waals surface area contributed by atoms with Crippen molar-refractivity contribution in [3.63, 3.8) is 0 Å². The quantitative estimate of drug-likeness (QED) is 0.360. The smallest absolute Gasteiger partial charge is 0.159 e. The molecule has 0 saturated carbocycles. The van der Waals surface area contributed by atoms with E-state index in [9.17, 15) is 0 Å². The number of pyridine rings is 2. The van der Waals surface area contributed by atoms with Crippen molar-refractivity contribution in [3.8, 4) is 33.8 Å². The Morgan fingerprint density at radius 2 is 1.81 bits per heavy atom. The molecule has 5 aromatic heterocycles. The van der Waals surface area contributed by atoms with Gasteiger partial charge < -0.3 is 0 Å². The summed E-state index contributed by atoms with van der Waals surface area (Å²) in [5.74, 6) is 0. The largest absolute Gasteiger partial charge is 0.299 e. The molecule has 0 spiro atoms. The summed E-state index contributed by atoms with van der Waals surface area (Å²) in [7, 11) is 0. The van der Waals surface area contributed by atoms with Gasteiger partial charge in [-0.3, -0.25) is 10.00 Å². The molecule has 6 aromatic rings. The summed E-state index contributed by atoms with van der Waals surface area (Å²) < 4.78 is 1.90. The number of benzene rings is 1. The van der Waals surface area contributed by atoms with Crippen LogP contribution in [0.15, 0.2) is 67.0 Å². The number of nitrogens with zero attached hydrogens (tertiary/aromatic N) is 7. The number of aromatic nitrogens is 7. The van der Waals surface area contributed by atoms with Gasteiger partial charge in [-0.15, -0.1) is 0 Å². The van der Waals surface area contributed by atoms with E-state index >= 15 is 0 Å². The predicted octanol–water partition coefficient (Wildman–Crippen LogP) is 5.22. The van der Waals surface area contributed by atoms with E-state index in [1.807, 2.05) is 42.8 Å². The highest BCUT2D eigenvalue weighted by Gasteiger charge is 2.19. The van der Waals surface area contributed by atoms with E-state index in [0.29, 0.717) is 5.65 Å². The van der Waals surface area contributed by atoms with Gasteiger partial charge in [-0.1, -0.05) is 24.3 Å². The number of imidazole rings is 1. The third-order valence-corrected chi connectivity index (χ3v) is 7.11. The second kappa shape index (κ2) is 8.60. The minimum absolute atomic E-state index is 0.680. The molecule has 37 heavy (non-hydrogen) atoms. The standard InChI is InChI=1S/C29H26N8/c1-18-13-25(34-33-18)28-24(14-22-5-3-10-30-29(22)32-28)26-16-31-27-15-23(19(2)35-37(26)27)21-8-6-20(7-9-21)17-36-11-4-12-36/h3,5-10,13-16H,4,11-12,17H2,1-2H3,(H,33,34). The second-order valence-electron chi connectivity index (χ2n) is 9.75. The van der Waals surface area contributed by atoms with Gasteiger partial charge in [-0.05, 0) is 74.8 Å². The SMILES string of the molecule is Cc1cc(-c2nc3ncccc3cc2-c2cnc3cc(-c4ccc(CN5CCC5)cc4)c(C)nn23)n[nH]1. The number of aryl methyl sites for hydroxylation is 2. The molecule has 1 saturated heterocycles. The topological polar surface area (TPSA) is 87.9 Å². The first kappa shape index (κ1) is 21.8. The first-order valence-corrected chi connectivity index (χ1v) is 12.6. The van der Waals surface area contributed by atoms with Gasteiger partial charge in [-0.2, -0.15) is 10.2 Å². The van der Waals surface area contributed by atoms with E-state index in [1.54, 1.807) is 6.20 Å². The lowest BCUT2D eigenvalue weighted by atomic mass is 10.0. The fourth-order valence-corrected chi connectivity index (χ4v) is 5.00. The number of hydrogen-bond acceptors (Lipinski definition) is 6. The van der Waals surface area contributed by atoms with Crippen molar-refractivity contribution in [2.24, 2.45) is 0 Å². The molecule has 0 radical (unpaired) electrons. The number of likely N-dealkylation sites (tertiary alicyclic amines) is 1. The summed E-state index contributed by atoms with van der Waals surface area (Å²) in [5, 5.41) is 13.4. The molecule has 1 fully saturated rings. The lowest BCUT2D eigenvalue weighted by molar-refractivity contribution is 0.172. The minimum Gasteiger partial charge on any atom is -0.299 e. The van der Waals surface area contributed by atoms with E-state index in [2.05, 4.69) is 56.5 Å². The Balaban J connectivity index is 1.32. The fraction of sp³-hybridized carbons (Fsp3) is 0.207. The Morgan fingerprint density at radius 3 is 2.57 bits per heavy atom. The van der Waals surface area contributed by atoms with E-state index in [1.165, 1.54) is 25.1 Å². The number of hydrogen-bond donors (Lipinski definition) is 1. The Labute approximate surface area is 214 Å². The molecule has 8 nitrogen and oxygen atoms in total. The van der Waals surface area contributed by atoms with Crippen LogP contribution in [0.1, 0.15) is 23.4 Å². The summed E-state index contributed by atoms with van der Waals surface area (Å²) in [6.07, 6.45) is 4.93. The number of rotatable bonds is 5. The van der Waals surface area contributed by atoms with Gasteiger partial charge in [0.1, 0.15) is 11.4 Å². The lowest BCUT2D eigenvalue weighted by Crippen LogP contribution is -2.36. The third-order valence-electron chi connectivity index (χ3n) is 7.11. The van der Waals surface area contributed by atoms with Crippen LogP contribution >= 0.6 is 0 Å². The van der Waals surface area contributed by atoms with Gasteiger partial charge in [0.2, 0.25) is 0 Å². The van der Waals surface area contributed by atoms with Crippen LogP contribution in [0.2, 0.25) is 0 Å². The monoisotopic (exact) mass is 486 g/mol. The average molecular weight is 487 g/mol. The Hall–Kier alpha value is -4.43. The molecule has 182 valence electrons. The summed E-state index contributed by atoms with van der Waals surface area (Å²) >= 11 is 0. The summed E-state index contributed by atoms with van der Waals surface area (Å²) in [6.45, 7) is 7.46. The molecular weight excluding hydrogens is 460 g/mol. The Morgan fingerprint density at radius 1 is 0.946 bits per heavy atom. The van der Waals surface area contributed by atoms with Crippen LogP contribution in [-0.4, -0.2) is 52.8 Å². The van der Waals surface area contributed by atoms with Gasteiger partial charge >= 0.3 is 0 Å². The van der Waals surface area contributed by atoms with Crippen molar-refractivity contribution in [1.82, 2.24) is 39.7 Å². The molecular formula is C29H26N8. The maximum absolute atomic E-state index is 4.98. The maximum atomic E-state index is 4.98. The highest BCUT2D eigenvalue weighted by atomic mass is 15.3. The molecule has 0 bridgehead atoms. The zero-order valence-corrected chi connectivity index (χ0v) is 20.8. The fourth-order valence-electron chi connectivity index (χ4n) is 5.00. The van der Waals surface area contributed by atoms with Crippen LogP contribution in [0.4, 0.5) is 0 Å². The molecule has 8 heteroatoms. The predicted molar refractivity (Wildman–Crippen MR) is 144 cm³/mol. The number of aromatic amines is 1. The number of fused-ring (bicyclic) bond motifs is 2. The van der Waals surface area contributed by atoms with Gasteiger partial charge in [0.15, 0.2) is 11.3 Å². The first-order chi connectivity index (χ1) is 18.1. The van der Waals surface area contributed by atoms with Crippen LogP contribution in [0.3, 0.4) is 0 Å². The van der Waals surface area contributed by atoms with Gasteiger partial charge in [0.05, 0.1) is 17.6 Å². The normalized spacial score (nSPS) is 13.9. The second-order valence-corrected chi connectivity index (χ2v) is 9.75. The molecule has 1 aliphatic heterocycles. The van der Waals surface area contributed by atoms with E-state index < -0.39 is 0 Å². The van der Waals surface area contributed by atoms with Gasteiger partial charge in [-0.25, -0.2) is 19.5 Å². The van der Waals surface area contributed by atoms with Crippen LogP contribution in [-0.2, 0) is 6.54 Å². The summed E-state index contributed by atoms with van der Waals surface area (Å²) in [6, 6.07) is 19.0. The van der Waals surface area contributed by atoms with Crippen LogP contribution in [0.5, 0.6) is 0 Å². The molecule has 1 N–H and O–H groups in total. The van der Waals surface area contributed by atoms with Crippen molar-refractivity contribution < 1.29 is 0 Å². The maximum Gasteiger partial charge on any atom is 0.159 e. The minimum atomic E-state index is 0.680. The van der Waals surface area contributed by atoms with Crippen LogP contribution < -0.4 is 0 Å². The van der Waals surface area contributed by atoms with Crippen molar-refractivity contribution in [2.45, 2.75) is 26.8 Å². The van der Waals surface area contributed by atoms with Crippen molar-refractivity contribution in [3.05, 3.63) is 83.9 Å². The van der Waals surface area contributed by atoms with E-state index in [0.717, 1.165) is 62.7 Å². The van der Waals surface area contributed by atoms with Gasteiger partial charge in [0, 0.05) is 34.9 Å². The third kappa shape index (κ3) is 3.86. The van der Waals surface area contributed by atoms with Crippen molar-refractivity contribution >= 4 is 16.7 Å². The molecule has 0 aliphatic carbocycles. The average Bonchev–Trinajstić information content (AvgIpc) is 3.51. The molecule has 7 rings (SSSR count). The molecule has 0 unspecified atom stereocenters. The Kier molecular flexibility index (Phi) is 5.07. The molecule has 0 atom stereocenters. The highest BCUT2D eigenvalue weighted by Crippen LogP contribution is 2.34. The summed E-state index contributed by atoms with van der Waals surface area (Å²) in [5.41, 5.74) is 10.2. The molecule has 6 heterocycles. The van der Waals surface area contributed by atoms with E-state index in [4.69, 9.17) is 15.1 Å². The van der Waals surface area contributed by atoms with Crippen molar-refractivity contribution in [2.75, 3.05) is 13.1 Å².